The van der Waals surface area contributed by atoms with Crippen molar-refractivity contribution in [2.24, 2.45) is 5.92 Å². The summed E-state index contributed by atoms with van der Waals surface area (Å²) in [5, 5.41) is 3.04. The number of benzene rings is 3. The van der Waals surface area contributed by atoms with Crippen LogP contribution >= 0.6 is 0 Å². The Bertz CT molecular complexity index is 1180. The highest BCUT2D eigenvalue weighted by Gasteiger charge is 2.26. The van der Waals surface area contributed by atoms with Crippen molar-refractivity contribution in [3.63, 3.8) is 0 Å². The summed E-state index contributed by atoms with van der Waals surface area (Å²) >= 11 is 0. The number of aryl methyl sites for hydroxylation is 1. The smallest absolute Gasteiger partial charge is 0.231 e. The van der Waals surface area contributed by atoms with Gasteiger partial charge in [-0.05, 0) is 73.8 Å². The van der Waals surface area contributed by atoms with Crippen LogP contribution in [0.2, 0.25) is 0 Å². The topological polar surface area (TPSA) is 60.0 Å². The summed E-state index contributed by atoms with van der Waals surface area (Å²) in [6.45, 7) is 4.91. The fourth-order valence-electron chi connectivity index (χ4n) is 4.78. The van der Waals surface area contributed by atoms with Crippen molar-refractivity contribution in [3.05, 3.63) is 71.8 Å². The average molecular weight is 459 g/mol. The number of piperidine rings is 1. The minimum atomic E-state index is 0.00173. The number of anilines is 1. The van der Waals surface area contributed by atoms with Gasteiger partial charge in [0.1, 0.15) is 5.75 Å². The van der Waals surface area contributed by atoms with Crippen LogP contribution < -0.4 is 19.5 Å². The lowest BCUT2D eigenvalue weighted by atomic mass is 9.94. The quantitative estimate of drug-likeness (QED) is 0.547. The lowest BCUT2D eigenvalue weighted by Crippen LogP contribution is -2.37. The molecule has 5 rings (SSSR count). The van der Waals surface area contributed by atoms with E-state index in [1.54, 1.807) is 7.11 Å². The number of nitrogens with one attached hydrogen (secondary N) is 1. The van der Waals surface area contributed by atoms with Gasteiger partial charge in [-0.3, -0.25) is 9.69 Å². The molecule has 3 aromatic rings. The molecule has 0 bridgehead atoms. The predicted molar refractivity (Wildman–Crippen MR) is 132 cm³/mol. The van der Waals surface area contributed by atoms with Gasteiger partial charge in [0.25, 0.3) is 0 Å². The second-order valence-corrected chi connectivity index (χ2v) is 8.95. The summed E-state index contributed by atoms with van der Waals surface area (Å²) in [6, 6.07) is 20.4. The van der Waals surface area contributed by atoms with Crippen LogP contribution in [0.1, 0.15) is 24.0 Å². The van der Waals surface area contributed by atoms with Crippen molar-refractivity contribution < 1.29 is 19.0 Å². The van der Waals surface area contributed by atoms with Crippen molar-refractivity contribution >= 4 is 11.6 Å². The maximum atomic E-state index is 12.8. The molecular formula is C28H30N2O4. The van der Waals surface area contributed by atoms with Gasteiger partial charge in [0, 0.05) is 29.8 Å². The van der Waals surface area contributed by atoms with Crippen LogP contribution in [-0.2, 0) is 11.3 Å². The molecule has 6 nitrogen and oxygen atoms in total. The highest BCUT2D eigenvalue weighted by atomic mass is 16.7. The lowest BCUT2D eigenvalue weighted by Gasteiger charge is -2.31. The average Bonchev–Trinajstić information content (AvgIpc) is 3.33. The molecule has 0 aliphatic carbocycles. The van der Waals surface area contributed by atoms with E-state index < -0.39 is 0 Å². The molecule has 1 amide bonds. The predicted octanol–water partition coefficient (Wildman–Crippen LogP) is 5.25. The second kappa shape index (κ2) is 9.77. The van der Waals surface area contributed by atoms with Crippen LogP contribution in [-0.4, -0.2) is 37.8 Å². The first kappa shape index (κ1) is 22.3. The van der Waals surface area contributed by atoms with Crippen LogP contribution in [0.25, 0.3) is 11.1 Å². The number of carbonyl (C=O) groups excluding carboxylic acids is 1. The van der Waals surface area contributed by atoms with Crippen LogP contribution in [0.3, 0.4) is 0 Å². The molecule has 0 spiro atoms. The minimum absolute atomic E-state index is 0.00173. The molecule has 176 valence electrons. The molecule has 1 saturated heterocycles. The highest BCUT2D eigenvalue weighted by molar-refractivity contribution is 5.93. The van der Waals surface area contributed by atoms with Gasteiger partial charge >= 0.3 is 0 Å². The Hall–Kier alpha value is -3.51. The number of hydrogen-bond acceptors (Lipinski definition) is 5. The van der Waals surface area contributed by atoms with Crippen LogP contribution in [0, 0.1) is 12.8 Å². The molecular weight excluding hydrogens is 428 g/mol. The number of nitrogens with zero attached hydrogens (tertiary/aromatic N) is 1. The van der Waals surface area contributed by atoms with Crippen molar-refractivity contribution in [3.8, 4) is 28.4 Å². The van der Waals surface area contributed by atoms with E-state index in [-0.39, 0.29) is 18.6 Å². The van der Waals surface area contributed by atoms with Crippen molar-refractivity contribution in [1.29, 1.82) is 0 Å². The molecule has 1 N–H and O–H groups in total. The van der Waals surface area contributed by atoms with Gasteiger partial charge in [-0.15, -0.1) is 0 Å². The maximum Gasteiger partial charge on any atom is 0.231 e. The van der Waals surface area contributed by atoms with Crippen molar-refractivity contribution in [2.45, 2.75) is 26.3 Å². The number of carbonyl (C=O) groups is 1. The highest BCUT2D eigenvalue weighted by Crippen LogP contribution is 2.35. The molecule has 6 heteroatoms. The van der Waals surface area contributed by atoms with Crippen molar-refractivity contribution in [1.82, 2.24) is 4.90 Å². The third-order valence-electron chi connectivity index (χ3n) is 6.73. The zero-order chi connectivity index (χ0) is 23.5. The fourth-order valence-corrected chi connectivity index (χ4v) is 4.78. The van der Waals surface area contributed by atoms with E-state index in [0.29, 0.717) is 11.5 Å². The number of rotatable bonds is 6. The number of methoxy groups -OCH3 is 1. The summed E-state index contributed by atoms with van der Waals surface area (Å²) < 4.78 is 16.4. The molecule has 2 aliphatic rings. The number of fused-ring (bicyclic) bond motifs is 1. The normalized spacial score (nSPS) is 15.8. The Balaban J connectivity index is 1.21. The largest absolute Gasteiger partial charge is 0.496 e. The van der Waals surface area contributed by atoms with E-state index in [9.17, 15) is 4.79 Å². The molecule has 1 fully saturated rings. The zero-order valence-electron chi connectivity index (χ0n) is 19.7. The molecule has 0 unspecified atom stereocenters. The van der Waals surface area contributed by atoms with E-state index in [0.717, 1.165) is 43.9 Å². The first-order valence-corrected chi connectivity index (χ1v) is 11.8. The molecule has 0 saturated carbocycles. The van der Waals surface area contributed by atoms with E-state index in [4.69, 9.17) is 14.2 Å². The lowest BCUT2D eigenvalue weighted by molar-refractivity contribution is -0.121. The van der Waals surface area contributed by atoms with Gasteiger partial charge in [-0.25, -0.2) is 0 Å². The zero-order valence-corrected chi connectivity index (χ0v) is 19.7. The van der Waals surface area contributed by atoms with Gasteiger partial charge in [0.2, 0.25) is 12.7 Å². The first-order valence-electron chi connectivity index (χ1n) is 11.8. The Morgan fingerprint density at radius 2 is 1.82 bits per heavy atom. The number of likely N-dealkylation sites (tertiary alicyclic amines) is 1. The van der Waals surface area contributed by atoms with Crippen LogP contribution in [0.15, 0.2) is 60.7 Å². The molecule has 2 heterocycles. The Kier molecular flexibility index (Phi) is 6.41. The van der Waals surface area contributed by atoms with Gasteiger partial charge in [-0.2, -0.15) is 0 Å². The molecule has 0 radical (unpaired) electrons. The SMILES string of the molecule is COc1ccc(-c2ccccc2C)cc1CN1CCC(C(=O)Nc2ccc3c(c2)OCO3)CC1. The fraction of sp³-hybridized carbons (Fsp3) is 0.321. The summed E-state index contributed by atoms with van der Waals surface area (Å²) in [5.41, 5.74) is 5.62. The number of ether oxygens (including phenoxy) is 3. The monoisotopic (exact) mass is 458 g/mol. The van der Waals surface area contributed by atoms with Crippen LogP contribution in [0.5, 0.6) is 17.2 Å². The van der Waals surface area contributed by atoms with E-state index >= 15 is 0 Å². The molecule has 3 aromatic carbocycles. The van der Waals surface area contributed by atoms with Gasteiger partial charge < -0.3 is 19.5 Å². The Labute approximate surface area is 200 Å². The first-order chi connectivity index (χ1) is 16.6. The number of hydrogen-bond donors (Lipinski definition) is 1. The molecule has 34 heavy (non-hydrogen) atoms. The minimum Gasteiger partial charge on any atom is -0.496 e. The Morgan fingerprint density at radius 1 is 1.03 bits per heavy atom. The van der Waals surface area contributed by atoms with E-state index in [2.05, 4.69) is 59.6 Å². The van der Waals surface area contributed by atoms with Gasteiger partial charge in [0.15, 0.2) is 11.5 Å². The molecule has 2 aliphatic heterocycles. The third kappa shape index (κ3) is 4.73. The standard InChI is InChI=1S/C28H30N2O4/c1-19-5-3-4-6-24(19)21-7-9-25(32-2)22(15-21)17-30-13-11-20(12-14-30)28(31)29-23-8-10-26-27(16-23)34-18-33-26/h3-10,15-16,20H,11-14,17-18H2,1-2H3,(H,29,31). The Morgan fingerprint density at radius 3 is 2.62 bits per heavy atom. The van der Waals surface area contributed by atoms with Crippen molar-refractivity contribution in [2.75, 3.05) is 32.3 Å². The summed E-state index contributed by atoms with van der Waals surface area (Å²) in [7, 11) is 1.72. The maximum absolute atomic E-state index is 12.8. The van der Waals surface area contributed by atoms with Crippen LogP contribution in [0.4, 0.5) is 5.69 Å². The molecule has 0 atom stereocenters. The number of amides is 1. The van der Waals surface area contributed by atoms with E-state index in [1.165, 1.54) is 22.3 Å². The van der Waals surface area contributed by atoms with Gasteiger partial charge in [-0.1, -0.05) is 30.3 Å². The summed E-state index contributed by atoms with van der Waals surface area (Å²) in [4.78, 5) is 15.3. The summed E-state index contributed by atoms with van der Waals surface area (Å²) in [5.74, 6) is 2.36. The third-order valence-corrected chi connectivity index (χ3v) is 6.73. The van der Waals surface area contributed by atoms with E-state index in [1.807, 2.05) is 18.2 Å². The molecule has 0 aromatic heterocycles. The second-order valence-electron chi connectivity index (χ2n) is 8.95. The summed E-state index contributed by atoms with van der Waals surface area (Å²) in [6.07, 6.45) is 1.66. The van der Waals surface area contributed by atoms with Gasteiger partial charge in [0.05, 0.1) is 7.11 Å².